The predicted octanol–water partition coefficient (Wildman–Crippen LogP) is 6.46. The van der Waals surface area contributed by atoms with Crippen LogP contribution in [-0.2, 0) is 16.1 Å². The average molecular weight is 517 g/mol. The minimum absolute atomic E-state index is 0.190. The second kappa shape index (κ2) is 11.3. The lowest BCUT2D eigenvalue weighted by Crippen LogP contribution is -2.18. The number of esters is 2. The lowest BCUT2D eigenvalue weighted by molar-refractivity contribution is -0.136. The highest BCUT2D eigenvalue weighted by atomic mass is 79.9. The SMILES string of the molecule is O=C(COc1ccc(-c2ccccc2)cc1Br)Oc1ccc(C(=O)OCc2ccccc2)cc1. The van der Waals surface area contributed by atoms with E-state index in [4.69, 9.17) is 14.2 Å². The number of halogens is 1. The van der Waals surface area contributed by atoms with Crippen LogP contribution in [0, 0.1) is 0 Å². The highest BCUT2D eigenvalue weighted by molar-refractivity contribution is 9.10. The zero-order valence-corrected chi connectivity index (χ0v) is 19.7. The van der Waals surface area contributed by atoms with Crippen molar-refractivity contribution in [2.45, 2.75) is 6.61 Å². The maximum absolute atomic E-state index is 12.2. The molecule has 0 N–H and O–H groups in total. The van der Waals surface area contributed by atoms with Crippen molar-refractivity contribution in [2.24, 2.45) is 0 Å². The van der Waals surface area contributed by atoms with Crippen molar-refractivity contribution in [3.8, 4) is 22.6 Å². The Kier molecular flexibility index (Phi) is 7.73. The van der Waals surface area contributed by atoms with E-state index in [1.165, 1.54) is 0 Å². The van der Waals surface area contributed by atoms with E-state index < -0.39 is 11.9 Å². The summed E-state index contributed by atoms with van der Waals surface area (Å²) >= 11 is 3.49. The number of rotatable bonds is 8. The monoisotopic (exact) mass is 516 g/mol. The Hall–Kier alpha value is -3.90. The van der Waals surface area contributed by atoms with Gasteiger partial charge in [0.1, 0.15) is 18.1 Å². The molecule has 0 aliphatic heterocycles. The third-order valence-electron chi connectivity index (χ3n) is 4.92. The minimum atomic E-state index is -0.557. The van der Waals surface area contributed by atoms with E-state index in [9.17, 15) is 9.59 Å². The molecule has 0 amide bonds. The topological polar surface area (TPSA) is 61.8 Å². The Balaban J connectivity index is 1.27. The van der Waals surface area contributed by atoms with Crippen LogP contribution in [0.4, 0.5) is 0 Å². The Morgan fingerprint density at radius 1 is 0.735 bits per heavy atom. The molecule has 4 aromatic carbocycles. The van der Waals surface area contributed by atoms with Gasteiger partial charge in [-0.2, -0.15) is 0 Å². The van der Waals surface area contributed by atoms with E-state index in [0.29, 0.717) is 17.1 Å². The minimum Gasteiger partial charge on any atom is -0.481 e. The summed E-state index contributed by atoms with van der Waals surface area (Å²) in [7, 11) is 0. The molecule has 34 heavy (non-hydrogen) atoms. The van der Waals surface area contributed by atoms with Crippen LogP contribution in [0.5, 0.6) is 11.5 Å². The van der Waals surface area contributed by atoms with Crippen LogP contribution < -0.4 is 9.47 Å². The van der Waals surface area contributed by atoms with Crippen molar-refractivity contribution >= 4 is 27.9 Å². The Morgan fingerprint density at radius 3 is 2.09 bits per heavy atom. The van der Waals surface area contributed by atoms with Gasteiger partial charge >= 0.3 is 11.9 Å². The van der Waals surface area contributed by atoms with Crippen LogP contribution in [0.15, 0.2) is 108 Å². The van der Waals surface area contributed by atoms with E-state index in [0.717, 1.165) is 21.2 Å². The summed E-state index contributed by atoms with van der Waals surface area (Å²) in [5, 5.41) is 0. The largest absolute Gasteiger partial charge is 0.481 e. The molecule has 0 heterocycles. The van der Waals surface area contributed by atoms with Crippen LogP contribution in [0.3, 0.4) is 0 Å². The summed E-state index contributed by atoms with van der Waals surface area (Å²) < 4.78 is 16.9. The van der Waals surface area contributed by atoms with Crippen molar-refractivity contribution in [2.75, 3.05) is 6.61 Å². The summed E-state index contributed by atoms with van der Waals surface area (Å²) in [6.45, 7) is -0.0697. The van der Waals surface area contributed by atoms with Gasteiger partial charge in [0.2, 0.25) is 0 Å². The number of hydrogen-bond acceptors (Lipinski definition) is 5. The van der Waals surface area contributed by atoms with Crippen LogP contribution >= 0.6 is 15.9 Å². The second-order valence-corrected chi connectivity index (χ2v) is 8.21. The van der Waals surface area contributed by atoms with E-state index in [2.05, 4.69) is 15.9 Å². The third-order valence-corrected chi connectivity index (χ3v) is 5.54. The molecule has 170 valence electrons. The average Bonchev–Trinajstić information content (AvgIpc) is 2.88. The summed E-state index contributed by atoms with van der Waals surface area (Å²) in [5.74, 6) is -0.160. The Morgan fingerprint density at radius 2 is 1.41 bits per heavy atom. The molecule has 0 atom stereocenters. The highest BCUT2D eigenvalue weighted by Crippen LogP contribution is 2.30. The molecule has 0 saturated heterocycles. The first-order valence-corrected chi connectivity index (χ1v) is 11.4. The molecule has 0 aromatic heterocycles. The zero-order valence-electron chi connectivity index (χ0n) is 18.1. The first-order valence-electron chi connectivity index (χ1n) is 10.6. The van der Waals surface area contributed by atoms with Gasteiger partial charge in [0.05, 0.1) is 10.0 Å². The van der Waals surface area contributed by atoms with Crippen molar-refractivity contribution in [3.63, 3.8) is 0 Å². The van der Waals surface area contributed by atoms with Gasteiger partial charge in [-0.3, -0.25) is 0 Å². The molecular weight excluding hydrogens is 496 g/mol. The maximum atomic E-state index is 12.2. The fraction of sp³-hybridized carbons (Fsp3) is 0.0714. The van der Waals surface area contributed by atoms with Crippen LogP contribution in [0.2, 0.25) is 0 Å². The van der Waals surface area contributed by atoms with E-state index in [1.807, 2.05) is 72.8 Å². The Bertz CT molecular complexity index is 1260. The smallest absolute Gasteiger partial charge is 0.349 e. The van der Waals surface area contributed by atoms with Gasteiger partial charge in [-0.15, -0.1) is 0 Å². The molecule has 0 fully saturated rings. The van der Waals surface area contributed by atoms with Crippen LogP contribution in [0.25, 0.3) is 11.1 Å². The molecule has 0 aliphatic carbocycles. The van der Waals surface area contributed by atoms with Gasteiger partial charge in [-0.25, -0.2) is 9.59 Å². The fourth-order valence-electron chi connectivity index (χ4n) is 3.19. The molecule has 0 bridgehead atoms. The molecule has 0 aliphatic rings. The molecule has 4 rings (SSSR count). The summed E-state index contributed by atoms with van der Waals surface area (Å²) in [5.41, 5.74) is 3.39. The second-order valence-electron chi connectivity index (χ2n) is 7.36. The highest BCUT2D eigenvalue weighted by Gasteiger charge is 2.11. The summed E-state index contributed by atoms with van der Waals surface area (Å²) in [4.78, 5) is 24.4. The molecule has 0 saturated carbocycles. The van der Waals surface area contributed by atoms with Crippen molar-refractivity contribution in [1.82, 2.24) is 0 Å². The standard InChI is InChI=1S/C28H21BrO5/c29-25-17-23(21-9-5-2-6-10-21)13-16-26(25)32-19-27(30)34-24-14-11-22(12-15-24)28(31)33-18-20-7-3-1-4-8-20/h1-17H,18-19H2. The summed E-state index contributed by atoms with van der Waals surface area (Å²) in [6, 6.07) is 31.2. The van der Waals surface area contributed by atoms with Gasteiger partial charge in [0.25, 0.3) is 0 Å². The van der Waals surface area contributed by atoms with E-state index >= 15 is 0 Å². The molecule has 0 radical (unpaired) electrons. The number of ether oxygens (including phenoxy) is 3. The number of carbonyl (C=O) groups is 2. The number of benzene rings is 4. The molecule has 4 aromatic rings. The van der Waals surface area contributed by atoms with E-state index in [1.54, 1.807) is 30.3 Å². The maximum Gasteiger partial charge on any atom is 0.349 e. The normalized spacial score (nSPS) is 10.4. The third kappa shape index (κ3) is 6.33. The fourth-order valence-corrected chi connectivity index (χ4v) is 3.68. The summed E-state index contributed by atoms with van der Waals surface area (Å²) in [6.07, 6.45) is 0. The molecule has 0 spiro atoms. The first kappa shape index (κ1) is 23.3. The van der Waals surface area contributed by atoms with Gasteiger partial charge in [0.15, 0.2) is 6.61 Å². The van der Waals surface area contributed by atoms with Gasteiger partial charge in [-0.1, -0.05) is 66.7 Å². The number of hydrogen-bond donors (Lipinski definition) is 0. The zero-order chi connectivity index (χ0) is 23.8. The number of carbonyl (C=O) groups excluding carboxylic acids is 2. The quantitative estimate of drug-likeness (QED) is 0.198. The van der Waals surface area contributed by atoms with Crippen LogP contribution in [0.1, 0.15) is 15.9 Å². The molecule has 0 unspecified atom stereocenters. The van der Waals surface area contributed by atoms with Gasteiger partial charge in [0, 0.05) is 0 Å². The molecule has 6 heteroatoms. The van der Waals surface area contributed by atoms with Gasteiger partial charge < -0.3 is 14.2 Å². The van der Waals surface area contributed by atoms with Crippen molar-refractivity contribution < 1.29 is 23.8 Å². The molecular formula is C28H21BrO5. The van der Waals surface area contributed by atoms with Gasteiger partial charge in [-0.05, 0) is 69.0 Å². The Labute approximate surface area is 206 Å². The van der Waals surface area contributed by atoms with Crippen molar-refractivity contribution in [1.29, 1.82) is 0 Å². The first-order chi connectivity index (χ1) is 16.6. The lowest BCUT2D eigenvalue weighted by atomic mass is 10.1. The lowest BCUT2D eigenvalue weighted by Gasteiger charge is -2.10. The van der Waals surface area contributed by atoms with E-state index in [-0.39, 0.29) is 13.2 Å². The van der Waals surface area contributed by atoms with Crippen LogP contribution in [-0.4, -0.2) is 18.5 Å². The van der Waals surface area contributed by atoms with Crippen molar-refractivity contribution in [3.05, 3.63) is 119 Å². The predicted molar refractivity (Wildman–Crippen MR) is 133 cm³/mol. The molecule has 5 nitrogen and oxygen atoms in total.